The van der Waals surface area contributed by atoms with Gasteiger partial charge in [-0.3, -0.25) is 4.79 Å². The largest absolute Gasteiger partial charge is 0.490 e. The highest BCUT2D eigenvalue weighted by Gasteiger charge is 2.25. The van der Waals surface area contributed by atoms with Crippen molar-refractivity contribution >= 4 is 40.8 Å². The van der Waals surface area contributed by atoms with Crippen LogP contribution in [-0.4, -0.2) is 18.5 Å². The van der Waals surface area contributed by atoms with E-state index < -0.39 is 0 Å². The van der Waals surface area contributed by atoms with Gasteiger partial charge in [0.2, 0.25) is 0 Å². The predicted octanol–water partition coefficient (Wildman–Crippen LogP) is 6.25. The van der Waals surface area contributed by atoms with E-state index in [0.717, 1.165) is 17.5 Å². The molecule has 0 aliphatic heterocycles. The van der Waals surface area contributed by atoms with Crippen LogP contribution in [0.2, 0.25) is 10.0 Å². The standard InChI is InChI=1S/C20H21Cl3O3/c1-13(24)26-16-7-5-14(6-8-16)20(2,3)15-11-17(22)19(18(23)12-15)25-10-4-9-21/h5-8,11-12H,4,9-10H2,1-3H3. The first-order chi connectivity index (χ1) is 12.3. The molecule has 6 heteroatoms. The summed E-state index contributed by atoms with van der Waals surface area (Å²) in [5, 5.41) is 0.929. The second-order valence-corrected chi connectivity index (χ2v) is 7.60. The number of ether oxygens (including phenoxy) is 2. The van der Waals surface area contributed by atoms with Gasteiger partial charge in [0.1, 0.15) is 5.75 Å². The fourth-order valence-corrected chi connectivity index (χ4v) is 3.26. The number of halogens is 3. The molecule has 3 nitrogen and oxygen atoms in total. The van der Waals surface area contributed by atoms with Crippen LogP contribution in [0.1, 0.15) is 38.3 Å². The number of carbonyl (C=O) groups is 1. The molecule has 2 aromatic rings. The van der Waals surface area contributed by atoms with E-state index in [0.29, 0.717) is 34.0 Å². The maximum absolute atomic E-state index is 11.0. The Morgan fingerprint density at radius 2 is 1.62 bits per heavy atom. The molecule has 0 aliphatic rings. The van der Waals surface area contributed by atoms with Gasteiger partial charge in [0.15, 0.2) is 5.75 Å². The molecule has 2 aromatic carbocycles. The van der Waals surface area contributed by atoms with Crippen LogP contribution in [0.25, 0.3) is 0 Å². The summed E-state index contributed by atoms with van der Waals surface area (Å²) in [6.45, 7) is 5.98. The summed E-state index contributed by atoms with van der Waals surface area (Å²) in [6.07, 6.45) is 0.718. The fourth-order valence-electron chi connectivity index (χ4n) is 2.56. The molecule has 0 N–H and O–H groups in total. The molecule has 0 aromatic heterocycles. The predicted molar refractivity (Wildman–Crippen MR) is 107 cm³/mol. The van der Waals surface area contributed by atoms with E-state index in [1.165, 1.54) is 6.92 Å². The van der Waals surface area contributed by atoms with Crippen LogP contribution >= 0.6 is 34.8 Å². The average Bonchev–Trinajstić information content (AvgIpc) is 2.57. The van der Waals surface area contributed by atoms with E-state index in [9.17, 15) is 4.79 Å². The summed E-state index contributed by atoms with van der Waals surface area (Å²) in [5.74, 6) is 1.16. The van der Waals surface area contributed by atoms with Crippen LogP contribution in [0.4, 0.5) is 0 Å². The molecule has 0 amide bonds. The minimum Gasteiger partial charge on any atom is -0.490 e. The molecule has 140 valence electrons. The molecule has 0 heterocycles. The van der Waals surface area contributed by atoms with Crippen LogP contribution in [0, 0.1) is 0 Å². The van der Waals surface area contributed by atoms with Crippen LogP contribution in [0.5, 0.6) is 11.5 Å². The average molecular weight is 416 g/mol. The third kappa shape index (κ3) is 5.06. The Bertz CT molecular complexity index is 747. The fraction of sp³-hybridized carbons (Fsp3) is 0.350. The van der Waals surface area contributed by atoms with Gasteiger partial charge in [-0.25, -0.2) is 0 Å². The minimum absolute atomic E-state index is 0.347. The van der Waals surface area contributed by atoms with Crippen molar-refractivity contribution in [3.8, 4) is 11.5 Å². The first-order valence-electron chi connectivity index (χ1n) is 8.23. The maximum atomic E-state index is 11.0. The lowest BCUT2D eigenvalue weighted by atomic mass is 9.78. The molecule has 0 radical (unpaired) electrons. The van der Waals surface area contributed by atoms with Crippen molar-refractivity contribution in [1.29, 1.82) is 0 Å². The number of hydrogen-bond donors (Lipinski definition) is 0. The normalized spacial score (nSPS) is 11.3. The first kappa shape index (κ1) is 20.9. The van der Waals surface area contributed by atoms with Crippen LogP contribution < -0.4 is 9.47 Å². The lowest BCUT2D eigenvalue weighted by molar-refractivity contribution is -0.131. The monoisotopic (exact) mass is 414 g/mol. The highest BCUT2D eigenvalue weighted by Crippen LogP contribution is 2.40. The molecule has 26 heavy (non-hydrogen) atoms. The number of esters is 1. The van der Waals surface area contributed by atoms with Gasteiger partial charge in [0.05, 0.1) is 16.7 Å². The lowest BCUT2D eigenvalue weighted by Gasteiger charge is -2.27. The molecule has 0 saturated heterocycles. The smallest absolute Gasteiger partial charge is 0.308 e. The van der Waals surface area contributed by atoms with E-state index in [1.54, 1.807) is 12.1 Å². The van der Waals surface area contributed by atoms with E-state index in [4.69, 9.17) is 44.3 Å². The Labute approximate surface area is 169 Å². The lowest BCUT2D eigenvalue weighted by Crippen LogP contribution is -2.19. The molecule has 0 bridgehead atoms. The van der Waals surface area contributed by atoms with Crippen molar-refractivity contribution in [2.75, 3.05) is 12.5 Å². The molecule has 0 fully saturated rings. The second kappa shape index (κ2) is 8.98. The van der Waals surface area contributed by atoms with Gasteiger partial charge in [-0.2, -0.15) is 0 Å². The molecular weight excluding hydrogens is 395 g/mol. The van der Waals surface area contributed by atoms with Gasteiger partial charge in [-0.05, 0) is 41.8 Å². The first-order valence-corrected chi connectivity index (χ1v) is 9.52. The highest BCUT2D eigenvalue weighted by molar-refractivity contribution is 6.37. The quantitative estimate of drug-likeness (QED) is 0.232. The summed E-state index contributed by atoms with van der Waals surface area (Å²) in [6, 6.07) is 11.1. The number of alkyl halides is 1. The second-order valence-electron chi connectivity index (χ2n) is 6.40. The van der Waals surface area contributed by atoms with E-state index in [2.05, 4.69) is 13.8 Å². The molecule has 2 rings (SSSR count). The summed E-state index contributed by atoms with van der Waals surface area (Å²) in [5.41, 5.74) is 1.64. The summed E-state index contributed by atoms with van der Waals surface area (Å²) in [7, 11) is 0. The van der Waals surface area contributed by atoms with Crippen molar-refractivity contribution in [3.05, 3.63) is 57.6 Å². The van der Waals surface area contributed by atoms with Gasteiger partial charge in [-0.1, -0.05) is 49.2 Å². The zero-order chi connectivity index (χ0) is 19.3. The number of hydrogen-bond acceptors (Lipinski definition) is 3. The number of benzene rings is 2. The summed E-state index contributed by atoms with van der Waals surface area (Å²) < 4.78 is 10.7. The van der Waals surface area contributed by atoms with Gasteiger partial charge < -0.3 is 9.47 Å². The summed E-state index contributed by atoms with van der Waals surface area (Å²) >= 11 is 18.4. The van der Waals surface area contributed by atoms with E-state index in [1.807, 2.05) is 24.3 Å². The van der Waals surface area contributed by atoms with Crippen molar-refractivity contribution in [1.82, 2.24) is 0 Å². The van der Waals surface area contributed by atoms with E-state index in [-0.39, 0.29) is 11.4 Å². The van der Waals surface area contributed by atoms with Gasteiger partial charge in [-0.15, -0.1) is 11.6 Å². The zero-order valence-corrected chi connectivity index (χ0v) is 17.2. The van der Waals surface area contributed by atoms with Gasteiger partial charge in [0, 0.05) is 18.2 Å². The summed E-state index contributed by atoms with van der Waals surface area (Å²) in [4.78, 5) is 11.0. The van der Waals surface area contributed by atoms with Crippen molar-refractivity contribution in [2.45, 2.75) is 32.6 Å². The van der Waals surface area contributed by atoms with Crippen molar-refractivity contribution in [3.63, 3.8) is 0 Å². The van der Waals surface area contributed by atoms with Crippen LogP contribution in [0.3, 0.4) is 0 Å². The topological polar surface area (TPSA) is 35.5 Å². The Hall–Kier alpha value is -1.42. The Morgan fingerprint density at radius 1 is 1.04 bits per heavy atom. The van der Waals surface area contributed by atoms with Gasteiger partial charge >= 0.3 is 5.97 Å². The molecule has 0 spiro atoms. The van der Waals surface area contributed by atoms with Gasteiger partial charge in [0.25, 0.3) is 0 Å². The van der Waals surface area contributed by atoms with Crippen LogP contribution in [0.15, 0.2) is 36.4 Å². The SMILES string of the molecule is CC(=O)Oc1ccc(C(C)(C)c2cc(Cl)c(OCCCCl)c(Cl)c2)cc1. The Balaban J connectivity index is 2.29. The van der Waals surface area contributed by atoms with Crippen molar-refractivity contribution in [2.24, 2.45) is 0 Å². The minimum atomic E-state index is -0.350. The molecule has 0 atom stereocenters. The maximum Gasteiger partial charge on any atom is 0.308 e. The van der Waals surface area contributed by atoms with Crippen LogP contribution in [-0.2, 0) is 10.2 Å². The highest BCUT2D eigenvalue weighted by atomic mass is 35.5. The van der Waals surface area contributed by atoms with Crippen molar-refractivity contribution < 1.29 is 14.3 Å². The number of rotatable bonds is 7. The Kier molecular flexibility index (Phi) is 7.22. The molecule has 0 saturated carbocycles. The zero-order valence-electron chi connectivity index (χ0n) is 14.9. The Morgan fingerprint density at radius 3 is 2.12 bits per heavy atom. The molecule has 0 unspecified atom stereocenters. The third-order valence-electron chi connectivity index (χ3n) is 4.08. The number of carbonyl (C=O) groups excluding carboxylic acids is 1. The molecule has 0 aliphatic carbocycles. The molecular formula is C20H21Cl3O3. The van der Waals surface area contributed by atoms with E-state index >= 15 is 0 Å². The third-order valence-corrected chi connectivity index (χ3v) is 4.91.